The van der Waals surface area contributed by atoms with E-state index in [9.17, 15) is 4.79 Å². The van der Waals surface area contributed by atoms with Crippen LogP contribution < -0.4 is 5.32 Å². The second-order valence-corrected chi connectivity index (χ2v) is 9.34. The molecule has 3 aromatic rings. The molecule has 4 nitrogen and oxygen atoms in total. The molecule has 2 aliphatic rings. The Morgan fingerprint density at radius 2 is 1.86 bits per heavy atom. The molecule has 1 aliphatic carbocycles. The fourth-order valence-corrected chi connectivity index (χ4v) is 5.89. The molecule has 1 aromatic heterocycles. The van der Waals surface area contributed by atoms with E-state index in [0.717, 1.165) is 50.7 Å². The first kappa shape index (κ1) is 18.8. The number of nitrogens with zero attached hydrogens (tertiary/aromatic N) is 2. The number of benzene rings is 2. The number of para-hydroxylation sites is 1. The van der Waals surface area contributed by atoms with Gasteiger partial charge in [0, 0.05) is 5.92 Å². The second-order valence-electron chi connectivity index (χ2n) is 8.28. The van der Waals surface area contributed by atoms with Gasteiger partial charge in [-0.15, -0.1) is 11.3 Å². The molecule has 0 bridgehead atoms. The number of hydrogen-bond donors (Lipinski definition) is 1. The Balaban J connectivity index is 1.15. The van der Waals surface area contributed by atoms with Crippen molar-refractivity contribution in [3.63, 3.8) is 0 Å². The molecule has 1 atom stereocenters. The molecule has 1 fully saturated rings. The summed E-state index contributed by atoms with van der Waals surface area (Å²) in [6, 6.07) is 17.1. The van der Waals surface area contributed by atoms with E-state index in [2.05, 4.69) is 58.7 Å². The van der Waals surface area contributed by atoms with E-state index in [-0.39, 0.29) is 11.9 Å². The van der Waals surface area contributed by atoms with E-state index >= 15 is 0 Å². The average Bonchev–Trinajstić information content (AvgIpc) is 3.19. The topological polar surface area (TPSA) is 45.2 Å². The van der Waals surface area contributed by atoms with Crippen molar-refractivity contribution in [1.82, 2.24) is 15.2 Å². The Labute approximate surface area is 176 Å². The highest BCUT2D eigenvalue weighted by atomic mass is 32.1. The number of likely N-dealkylation sites (tertiary alicyclic amines) is 1. The Morgan fingerprint density at radius 1 is 1.07 bits per heavy atom. The number of amides is 1. The van der Waals surface area contributed by atoms with Crippen molar-refractivity contribution >= 4 is 27.5 Å². The number of carbonyl (C=O) groups is 1. The lowest BCUT2D eigenvalue weighted by molar-refractivity contribution is -0.123. The molecule has 1 saturated heterocycles. The predicted molar refractivity (Wildman–Crippen MR) is 118 cm³/mol. The number of rotatable bonds is 4. The second kappa shape index (κ2) is 8.25. The molecular formula is C24H27N3OS. The summed E-state index contributed by atoms with van der Waals surface area (Å²) in [6.07, 6.45) is 5.48. The maximum atomic E-state index is 12.7. The zero-order valence-corrected chi connectivity index (χ0v) is 17.5. The van der Waals surface area contributed by atoms with Gasteiger partial charge in [0.2, 0.25) is 5.91 Å². The van der Waals surface area contributed by atoms with Crippen molar-refractivity contribution in [3.05, 3.63) is 64.7 Å². The van der Waals surface area contributed by atoms with Gasteiger partial charge in [-0.25, -0.2) is 4.98 Å². The highest BCUT2D eigenvalue weighted by molar-refractivity contribution is 7.18. The van der Waals surface area contributed by atoms with Gasteiger partial charge in [-0.05, 0) is 68.5 Å². The van der Waals surface area contributed by atoms with Crippen LogP contribution in [-0.2, 0) is 11.2 Å². The summed E-state index contributed by atoms with van der Waals surface area (Å²) in [6.45, 7) is 2.44. The molecule has 5 heteroatoms. The predicted octanol–water partition coefficient (Wildman–Crippen LogP) is 4.67. The van der Waals surface area contributed by atoms with Crippen molar-refractivity contribution in [3.8, 4) is 0 Å². The molecule has 2 heterocycles. The zero-order valence-electron chi connectivity index (χ0n) is 16.6. The van der Waals surface area contributed by atoms with Crippen LogP contribution in [0, 0.1) is 0 Å². The Hall–Kier alpha value is -2.24. The number of aromatic nitrogens is 1. The summed E-state index contributed by atoms with van der Waals surface area (Å²) in [4.78, 5) is 19.8. The van der Waals surface area contributed by atoms with Crippen LogP contribution in [0.25, 0.3) is 10.2 Å². The monoisotopic (exact) mass is 405 g/mol. The third-order valence-electron chi connectivity index (χ3n) is 6.32. The summed E-state index contributed by atoms with van der Waals surface area (Å²) in [5.74, 6) is 0.682. The molecule has 0 spiro atoms. The minimum atomic E-state index is 0.158. The molecule has 1 N–H and O–H groups in total. The number of aryl methyl sites for hydroxylation is 1. The van der Waals surface area contributed by atoms with Gasteiger partial charge in [-0.2, -0.15) is 0 Å². The molecular weight excluding hydrogens is 378 g/mol. The minimum Gasteiger partial charge on any atom is -0.348 e. The van der Waals surface area contributed by atoms with Crippen LogP contribution in [0.15, 0.2) is 48.5 Å². The molecule has 5 rings (SSSR count). The van der Waals surface area contributed by atoms with Gasteiger partial charge in [0.25, 0.3) is 0 Å². The van der Waals surface area contributed by atoms with Gasteiger partial charge in [0.1, 0.15) is 0 Å². The van der Waals surface area contributed by atoms with Crippen LogP contribution in [0.3, 0.4) is 0 Å². The van der Waals surface area contributed by atoms with Crippen molar-refractivity contribution in [2.45, 2.75) is 44.1 Å². The lowest BCUT2D eigenvalue weighted by Gasteiger charge is -2.32. The van der Waals surface area contributed by atoms with Crippen molar-refractivity contribution in [2.24, 2.45) is 0 Å². The third kappa shape index (κ3) is 4.07. The van der Waals surface area contributed by atoms with Crippen LogP contribution in [0.5, 0.6) is 0 Å². The van der Waals surface area contributed by atoms with E-state index in [1.165, 1.54) is 20.8 Å². The van der Waals surface area contributed by atoms with Crippen LogP contribution in [0.1, 0.15) is 53.8 Å². The van der Waals surface area contributed by atoms with Gasteiger partial charge in [0.05, 0.1) is 27.8 Å². The van der Waals surface area contributed by atoms with Gasteiger partial charge in [-0.3, -0.25) is 9.69 Å². The van der Waals surface area contributed by atoms with E-state index in [1.807, 2.05) is 11.3 Å². The first-order valence-electron chi connectivity index (χ1n) is 10.7. The number of fused-ring (bicyclic) bond motifs is 2. The summed E-state index contributed by atoms with van der Waals surface area (Å²) in [5.41, 5.74) is 3.81. The third-order valence-corrected chi connectivity index (χ3v) is 7.52. The molecule has 150 valence electrons. The van der Waals surface area contributed by atoms with Crippen molar-refractivity contribution in [2.75, 3.05) is 19.6 Å². The highest BCUT2D eigenvalue weighted by Gasteiger charge is 2.26. The molecule has 2 aromatic carbocycles. The molecule has 1 aliphatic heterocycles. The van der Waals surface area contributed by atoms with Crippen LogP contribution in [0.2, 0.25) is 0 Å². The number of hydrogen-bond acceptors (Lipinski definition) is 4. The lowest BCUT2D eigenvalue weighted by Crippen LogP contribution is -2.42. The maximum Gasteiger partial charge on any atom is 0.234 e. The van der Waals surface area contributed by atoms with Gasteiger partial charge in [-0.1, -0.05) is 36.4 Å². The van der Waals surface area contributed by atoms with Crippen molar-refractivity contribution < 1.29 is 4.79 Å². The first-order valence-corrected chi connectivity index (χ1v) is 11.5. The molecule has 1 unspecified atom stereocenters. The van der Waals surface area contributed by atoms with Crippen molar-refractivity contribution in [1.29, 1.82) is 0 Å². The summed E-state index contributed by atoms with van der Waals surface area (Å²) < 4.78 is 1.28. The van der Waals surface area contributed by atoms with Crippen LogP contribution in [0.4, 0.5) is 0 Å². The Morgan fingerprint density at radius 3 is 2.72 bits per heavy atom. The summed E-state index contributed by atoms with van der Waals surface area (Å²) in [7, 11) is 0. The average molecular weight is 406 g/mol. The van der Waals surface area contributed by atoms with E-state index < -0.39 is 0 Å². The SMILES string of the molecule is O=C(CN1CCC(c2nc3ccccc3s2)CC1)NC1CCCc2ccccc21. The number of piperidine rings is 1. The largest absolute Gasteiger partial charge is 0.348 e. The number of thiazole rings is 1. The fourth-order valence-electron chi connectivity index (χ4n) is 4.75. The lowest BCUT2D eigenvalue weighted by atomic mass is 9.88. The summed E-state index contributed by atoms with van der Waals surface area (Å²) in [5, 5.41) is 4.55. The zero-order chi connectivity index (χ0) is 19.6. The Kier molecular flexibility index (Phi) is 5.34. The van der Waals surface area contributed by atoms with E-state index in [1.54, 1.807) is 0 Å². The smallest absolute Gasteiger partial charge is 0.234 e. The quantitative estimate of drug-likeness (QED) is 0.686. The van der Waals surface area contributed by atoms with Crippen LogP contribution in [-0.4, -0.2) is 35.4 Å². The maximum absolute atomic E-state index is 12.7. The van der Waals surface area contributed by atoms with E-state index in [0.29, 0.717) is 12.5 Å². The summed E-state index contributed by atoms with van der Waals surface area (Å²) >= 11 is 1.83. The molecule has 0 radical (unpaired) electrons. The Bertz CT molecular complexity index is 973. The van der Waals surface area contributed by atoms with E-state index in [4.69, 9.17) is 4.98 Å². The molecule has 1 amide bonds. The van der Waals surface area contributed by atoms with Crippen LogP contribution >= 0.6 is 11.3 Å². The first-order chi connectivity index (χ1) is 14.3. The van der Waals surface area contributed by atoms with Gasteiger partial charge >= 0.3 is 0 Å². The number of carbonyl (C=O) groups excluding carboxylic acids is 1. The molecule has 29 heavy (non-hydrogen) atoms. The molecule has 0 saturated carbocycles. The number of nitrogens with one attached hydrogen (secondary N) is 1. The van der Waals surface area contributed by atoms with Gasteiger partial charge < -0.3 is 5.32 Å². The standard InChI is InChI=1S/C24H27N3OS/c28-23(25-20-10-5-7-17-6-1-2-8-19(17)20)16-27-14-12-18(13-15-27)24-26-21-9-3-4-11-22(21)29-24/h1-4,6,8-9,11,18,20H,5,7,10,12-16H2,(H,25,28). The van der Waals surface area contributed by atoms with Gasteiger partial charge in [0.15, 0.2) is 0 Å². The normalized spacial score (nSPS) is 20.5. The minimum absolute atomic E-state index is 0.158. The highest BCUT2D eigenvalue weighted by Crippen LogP contribution is 2.34. The fraction of sp³-hybridized carbons (Fsp3) is 0.417.